The van der Waals surface area contributed by atoms with Crippen LogP contribution in [0.4, 0.5) is 0 Å². The quantitative estimate of drug-likeness (QED) is 0.713. The summed E-state index contributed by atoms with van der Waals surface area (Å²) in [6.07, 6.45) is 0.784. The van der Waals surface area contributed by atoms with Gasteiger partial charge in [0.2, 0.25) is 0 Å². The topological polar surface area (TPSA) is 49.4 Å². The molecule has 1 rings (SSSR count). The first-order valence-corrected chi connectivity index (χ1v) is 7.95. The molecule has 0 spiro atoms. The third-order valence-corrected chi connectivity index (χ3v) is 4.52. The normalized spacial score (nSPS) is 22.2. The summed E-state index contributed by atoms with van der Waals surface area (Å²) >= 11 is 0. The lowest BCUT2D eigenvalue weighted by Gasteiger charge is -2.19. The monoisotopic (exact) mass is 248 g/mol. The molecule has 0 amide bonds. The van der Waals surface area contributed by atoms with E-state index < -0.39 is 9.84 Å². The van der Waals surface area contributed by atoms with E-state index in [1.165, 1.54) is 0 Å². The molecule has 0 atom stereocenters. The highest BCUT2D eigenvalue weighted by Gasteiger charge is 2.18. The van der Waals surface area contributed by atoms with Crippen LogP contribution in [-0.2, 0) is 9.84 Å². The molecule has 1 fully saturated rings. The molecular formula is C11H24N2O2S. The van der Waals surface area contributed by atoms with Crippen molar-refractivity contribution in [2.24, 2.45) is 5.92 Å². The van der Waals surface area contributed by atoms with Gasteiger partial charge in [0.25, 0.3) is 0 Å². The highest BCUT2D eigenvalue weighted by molar-refractivity contribution is 7.91. The Morgan fingerprint density at radius 1 is 1.25 bits per heavy atom. The Kier molecular flexibility index (Phi) is 5.72. The Hall–Kier alpha value is -0.130. The van der Waals surface area contributed by atoms with E-state index in [4.69, 9.17) is 0 Å². The van der Waals surface area contributed by atoms with E-state index >= 15 is 0 Å². The Morgan fingerprint density at radius 3 is 2.69 bits per heavy atom. The second-order valence-electron chi connectivity index (χ2n) is 4.94. The first kappa shape index (κ1) is 13.9. The average Bonchev–Trinajstić information content (AvgIpc) is 2.34. The summed E-state index contributed by atoms with van der Waals surface area (Å²) in [4.78, 5) is 2.25. The van der Waals surface area contributed by atoms with Gasteiger partial charge in [-0.15, -0.1) is 0 Å². The lowest BCUT2D eigenvalue weighted by atomic mass is 10.2. The molecule has 1 aliphatic heterocycles. The molecule has 0 aromatic rings. The number of rotatable bonds is 5. The zero-order valence-corrected chi connectivity index (χ0v) is 11.2. The minimum absolute atomic E-state index is 0.331. The third-order valence-electron chi connectivity index (χ3n) is 2.81. The third kappa shape index (κ3) is 5.82. The summed E-state index contributed by atoms with van der Waals surface area (Å²) in [6, 6.07) is 0. The molecular weight excluding hydrogens is 224 g/mol. The van der Waals surface area contributed by atoms with E-state index in [1.54, 1.807) is 0 Å². The number of hydrogen-bond donors (Lipinski definition) is 1. The molecule has 0 radical (unpaired) electrons. The van der Waals surface area contributed by atoms with Crippen molar-refractivity contribution in [2.45, 2.75) is 20.3 Å². The van der Waals surface area contributed by atoms with Gasteiger partial charge in [0.15, 0.2) is 9.84 Å². The van der Waals surface area contributed by atoms with Crippen molar-refractivity contribution in [1.29, 1.82) is 0 Å². The van der Waals surface area contributed by atoms with Crippen molar-refractivity contribution in [2.75, 3.05) is 44.2 Å². The first-order chi connectivity index (χ1) is 7.49. The number of nitrogens with one attached hydrogen (secondary N) is 1. The highest BCUT2D eigenvalue weighted by atomic mass is 32.2. The minimum Gasteiger partial charge on any atom is -0.315 e. The summed E-state index contributed by atoms with van der Waals surface area (Å²) in [5.41, 5.74) is 0. The minimum atomic E-state index is -2.76. The maximum atomic E-state index is 11.4. The van der Waals surface area contributed by atoms with Crippen LogP contribution in [0.15, 0.2) is 0 Å². The Labute approximate surface area is 99.3 Å². The molecule has 1 heterocycles. The Bertz CT molecular complexity index is 288. The molecule has 5 heteroatoms. The van der Waals surface area contributed by atoms with Crippen molar-refractivity contribution < 1.29 is 8.42 Å². The highest BCUT2D eigenvalue weighted by Crippen LogP contribution is 2.04. The van der Waals surface area contributed by atoms with Crippen molar-refractivity contribution in [3.05, 3.63) is 0 Å². The zero-order valence-electron chi connectivity index (χ0n) is 10.4. The molecule has 0 aliphatic carbocycles. The van der Waals surface area contributed by atoms with Crippen LogP contribution in [0.3, 0.4) is 0 Å². The lowest BCUT2D eigenvalue weighted by molar-refractivity contribution is 0.292. The molecule has 1 N–H and O–H groups in total. The predicted octanol–water partition coefficient (Wildman–Crippen LogP) is 0.353. The molecule has 0 aromatic heterocycles. The van der Waals surface area contributed by atoms with Gasteiger partial charge in [-0.2, -0.15) is 0 Å². The fraction of sp³-hybridized carbons (Fsp3) is 1.00. The van der Waals surface area contributed by atoms with Crippen LogP contribution in [0.25, 0.3) is 0 Å². The van der Waals surface area contributed by atoms with E-state index in [9.17, 15) is 8.42 Å². The number of nitrogens with zero attached hydrogens (tertiary/aromatic N) is 1. The van der Waals surface area contributed by atoms with Gasteiger partial charge in [0, 0.05) is 19.6 Å². The van der Waals surface area contributed by atoms with Gasteiger partial charge in [-0.3, -0.25) is 0 Å². The zero-order chi connectivity index (χ0) is 12.0. The molecule has 96 valence electrons. The second-order valence-corrected chi connectivity index (χ2v) is 7.25. The summed E-state index contributed by atoms with van der Waals surface area (Å²) in [7, 11) is -2.76. The Balaban J connectivity index is 2.18. The molecule has 4 nitrogen and oxygen atoms in total. The fourth-order valence-corrected chi connectivity index (χ4v) is 3.15. The average molecular weight is 248 g/mol. The van der Waals surface area contributed by atoms with Gasteiger partial charge in [0.05, 0.1) is 11.5 Å². The molecule has 0 bridgehead atoms. The van der Waals surface area contributed by atoms with E-state index in [0.717, 1.165) is 32.6 Å². The summed E-state index contributed by atoms with van der Waals surface area (Å²) < 4.78 is 22.8. The first-order valence-electron chi connectivity index (χ1n) is 6.13. The molecule has 1 aliphatic rings. The van der Waals surface area contributed by atoms with Crippen LogP contribution in [0.1, 0.15) is 20.3 Å². The van der Waals surface area contributed by atoms with E-state index in [-0.39, 0.29) is 0 Å². The standard InChI is InChI=1S/C11H24N2O2S/c1-11(2)10-12-4-6-13-5-3-8-16(14,15)9-7-13/h11-12H,3-10H2,1-2H3. The maximum absolute atomic E-state index is 11.4. The molecule has 1 saturated heterocycles. The van der Waals surface area contributed by atoms with Crippen LogP contribution >= 0.6 is 0 Å². The van der Waals surface area contributed by atoms with Gasteiger partial charge in [-0.25, -0.2) is 8.42 Å². The van der Waals surface area contributed by atoms with E-state index in [1.807, 2.05) is 0 Å². The van der Waals surface area contributed by atoms with Crippen LogP contribution in [0.2, 0.25) is 0 Å². The van der Waals surface area contributed by atoms with Gasteiger partial charge in [0.1, 0.15) is 0 Å². The Morgan fingerprint density at radius 2 is 2.00 bits per heavy atom. The summed E-state index contributed by atoms with van der Waals surface area (Å²) in [5.74, 6) is 1.37. The van der Waals surface area contributed by atoms with E-state index in [0.29, 0.717) is 24.0 Å². The fourth-order valence-electron chi connectivity index (χ4n) is 1.84. The summed E-state index contributed by atoms with van der Waals surface area (Å²) in [5, 5.41) is 3.38. The van der Waals surface area contributed by atoms with Crippen molar-refractivity contribution >= 4 is 9.84 Å². The molecule has 16 heavy (non-hydrogen) atoms. The van der Waals surface area contributed by atoms with Crippen LogP contribution < -0.4 is 5.32 Å². The van der Waals surface area contributed by atoms with Gasteiger partial charge < -0.3 is 10.2 Å². The smallest absolute Gasteiger partial charge is 0.151 e. The van der Waals surface area contributed by atoms with Crippen molar-refractivity contribution in [3.8, 4) is 0 Å². The van der Waals surface area contributed by atoms with Gasteiger partial charge in [-0.1, -0.05) is 13.8 Å². The number of sulfone groups is 1. The molecule has 0 unspecified atom stereocenters. The van der Waals surface area contributed by atoms with E-state index in [2.05, 4.69) is 24.1 Å². The van der Waals surface area contributed by atoms with Gasteiger partial charge in [-0.05, 0) is 25.4 Å². The molecule has 0 aromatic carbocycles. The van der Waals surface area contributed by atoms with Crippen LogP contribution in [-0.4, -0.2) is 57.5 Å². The van der Waals surface area contributed by atoms with Crippen LogP contribution in [0.5, 0.6) is 0 Å². The van der Waals surface area contributed by atoms with Gasteiger partial charge >= 0.3 is 0 Å². The maximum Gasteiger partial charge on any atom is 0.151 e. The van der Waals surface area contributed by atoms with Crippen molar-refractivity contribution in [1.82, 2.24) is 10.2 Å². The molecule has 0 saturated carbocycles. The van der Waals surface area contributed by atoms with Crippen molar-refractivity contribution in [3.63, 3.8) is 0 Å². The summed E-state index contributed by atoms with van der Waals surface area (Å²) in [6.45, 7) is 8.94. The SMILES string of the molecule is CC(C)CNCCN1CCCS(=O)(=O)CC1. The predicted molar refractivity (Wildman–Crippen MR) is 67.4 cm³/mol. The number of hydrogen-bond acceptors (Lipinski definition) is 4. The largest absolute Gasteiger partial charge is 0.315 e. The lowest BCUT2D eigenvalue weighted by Crippen LogP contribution is -2.35. The van der Waals surface area contributed by atoms with Crippen LogP contribution in [0, 0.1) is 5.92 Å². The second kappa shape index (κ2) is 6.57.